The van der Waals surface area contributed by atoms with E-state index in [1.165, 1.54) is 0 Å². The van der Waals surface area contributed by atoms with E-state index in [0.29, 0.717) is 18.3 Å². The van der Waals surface area contributed by atoms with Crippen molar-refractivity contribution in [3.63, 3.8) is 0 Å². The summed E-state index contributed by atoms with van der Waals surface area (Å²) in [6.07, 6.45) is 3.77. The van der Waals surface area contributed by atoms with Crippen LogP contribution in [0.25, 0.3) is 11.5 Å². The fourth-order valence-electron chi connectivity index (χ4n) is 1.88. The van der Waals surface area contributed by atoms with Crippen LogP contribution < -0.4 is 5.32 Å². The zero-order chi connectivity index (χ0) is 12.5. The lowest BCUT2D eigenvalue weighted by atomic mass is 10.3. The van der Waals surface area contributed by atoms with Crippen LogP contribution in [-0.4, -0.2) is 21.7 Å². The first-order valence-corrected chi connectivity index (χ1v) is 6.20. The smallest absolute Gasteiger partial charge is 0.272 e. The van der Waals surface area contributed by atoms with Gasteiger partial charge in [0.2, 0.25) is 0 Å². The number of aryl methyl sites for hydroxylation is 1. The summed E-state index contributed by atoms with van der Waals surface area (Å²) in [5.74, 6) is 0.632. The van der Waals surface area contributed by atoms with Gasteiger partial charge in [0.05, 0.1) is 6.26 Å². The van der Waals surface area contributed by atoms with Gasteiger partial charge in [-0.3, -0.25) is 9.48 Å². The first-order valence-electron chi connectivity index (χ1n) is 6.20. The number of nitrogens with zero attached hydrogens (tertiary/aromatic N) is 2. The summed E-state index contributed by atoms with van der Waals surface area (Å²) in [4.78, 5) is 11.9. The summed E-state index contributed by atoms with van der Waals surface area (Å²) in [6.45, 7) is 2.69. The van der Waals surface area contributed by atoms with E-state index in [-0.39, 0.29) is 5.91 Å². The van der Waals surface area contributed by atoms with Crippen LogP contribution in [0.2, 0.25) is 0 Å². The van der Waals surface area contributed by atoms with Crippen molar-refractivity contribution < 1.29 is 9.21 Å². The van der Waals surface area contributed by atoms with Crippen LogP contribution in [0.15, 0.2) is 28.9 Å². The van der Waals surface area contributed by atoms with Crippen molar-refractivity contribution in [1.29, 1.82) is 0 Å². The molecule has 1 saturated carbocycles. The zero-order valence-corrected chi connectivity index (χ0v) is 10.2. The normalized spacial score (nSPS) is 14.7. The summed E-state index contributed by atoms with van der Waals surface area (Å²) in [6, 6.07) is 5.81. The molecule has 1 amide bonds. The highest BCUT2D eigenvalue weighted by Crippen LogP contribution is 2.22. The van der Waals surface area contributed by atoms with Gasteiger partial charge in [-0.15, -0.1) is 0 Å². The minimum atomic E-state index is -0.0995. The van der Waals surface area contributed by atoms with Gasteiger partial charge in [-0.2, -0.15) is 5.10 Å². The predicted molar refractivity (Wildman–Crippen MR) is 66.1 cm³/mol. The highest BCUT2D eigenvalue weighted by atomic mass is 16.3. The van der Waals surface area contributed by atoms with Crippen molar-refractivity contribution in [2.75, 3.05) is 0 Å². The van der Waals surface area contributed by atoms with E-state index in [1.807, 2.05) is 19.1 Å². The third-order valence-corrected chi connectivity index (χ3v) is 3.00. The van der Waals surface area contributed by atoms with Crippen molar-refractivity contribution in [2.45, 2.75) is 32.4 Å². The van der Waals surface area contributed by atoms with E-state index in [2.05, 4.69) is 10.4 Å². The number of carbonyl (C=O) groups is 1. The Hall–Kier alpha value is -2.04. The first kappa shape index (κ1) is 11.1. The fourth-order valence-corrected chi connectivity index (χ4v) is 1.88. The SMILES string of the molecule is CCn1nc(C(=O)NC2CC2)cc1-c1ccco1. The van der Waals surface area contributed by atoms with Crippen LogP contribution in [0, 0.1) is 0 Å². The van der Waals surface area contributed by atoms with Crippen LogP contribution in [0.3, 0.4) is 0 Å². The molecule has 5 nitrogen and oxygen atoms in total. The number of furan rings is 1. The average molecular weight is 245 g/mol. The second-order valence-corrected chi connectivity index (χ2v) is 4.46. The predicted octanol–water partition coefficient (Wildman–Crippen LogP) is 2.06. The maximum atomic E-state index is 11.9. The molecule has 2 heterocycles. The third-order valence-electron chi connectivity index (χ3n) is 3.00. The largest absolute Gasteiger partial charge is 0.463 e. The van der Waals surface area contributed by atoms with Gasteiger partial charge in [0.25, 0.3) is 5.91 Å². The molecule has 94 valence electrons. The Labute approximate surface area is 105 Å². The molecule has 1 aliphatic rings. The van der Waals surface area contributed by atoms with Crippen LogP contribution in [-0.2, 0) is 6.54 Å². The highest BCUT2D eigenvalue weighted by molar-refractivity contribution is 5.93. The van der Waals surface area contributed by atoms with Crippen molar-refractivity contribution in [3.8, 4) is 11.5 Å². The van der Waals surface area contributed by atoms with Crippen molar-refractivity contribution >= 4 is 5.91 Å². The second kappa shape index (κ2) is 4.33. The number of hydrogen-bond acceptors (Lipinski definition) is 3. The molecular weight excluding hydrogens is 230 g/mol. The maximum Gasteiger partial charge on any atom is 0.272 e. The van der Waals surface area contributed by atoms with Crippen molar-refractivity contribution in [3.05, 3.63) is 30.2 Å². The molecule has 2 aromatic heterocycles. The topological polar surface area (TPSA) is 60.1 Å². The third kappa shape index (κ3) is 2.03. The fraction of sp³-hybridized carbons (Fsp3) is 0.385. The number of aromatic nitrogens is 2. The Kier molecular flexibility index (Phi) is 2.66. The minimum absolute atomic E-state index is 0.0995. The van der Waals surface area contributed by atoms with Gasteiger partial charge in [-0.25, -0.2) is 0 Å². The highest BCUT2D eigenvalue weighted by Gasteiger charge is 2.25. The van der Waals surface area contributed by atoms with E-state index in [1.54, 1.807) is 17.0 Å². The molecule has 0 aliphatic heterocycles. The Balaban J connectivity index is 1.90. The van der Waals surface area contributed by atoms with Crippen LogP contribution >= 0.6 is 0 Å². The van der Waals surface area contributed by atoms with E-state index in [4.69, 9.17) is 4.42 Å². The lowest BCUT2D eigenvalue weighted by Gasteiger charge is -2.00. The lowest BCUT2D eigenvalue weighted by molar-refractivity contribution is 0.0945. The maximum absolute atomic E-state index is 11.9. The molecule has 0 bridgehead atoms. The molecule has 1 N–H and O–H groups in total. The van der Waals surface area contributed by atoms with E-state index >= 15 is 0 Å². The van der Waals surface area contributed by atoms with Crippen LogP contribution in [0.5, 0.6) is 0 Å². The molecular formula is C13H15N3O2. The van der Waals surface area contributed by atoms with Gasteiger partial charge in [0.1, 0.15) is 5.69 Å². The molecule has 18 heavy (non-hydrogen) atoms. The summed E-state index contributed by atoms with van der Waals surface area (Å²) < 4.78 is 7.13. The quantitative estimate of drug-likeness (QED) is 0.896. The second-order valence-electron chi connectivity index (χ2n) is 4.46. The van der Waals surface area contributed by atoms with Gasteiger partial charge in [-0.1, -0.05) is 0 Å². The molecule has 0 atom stereocenters. The minimum Gasteiger partial charge on any atom is -0.463 e. The van der Waals surface area contributed by atoms with Gasteiger partial charge in [0, 0.05) is 18.7 Å². The van der Waals surface area contributed by atoms with Gasteiger partial charge in [-0.05, 0) is 31.9 Å². The molecule has 5 heteroatoms. The van der Waals surface area contributed by atoms with Gasteiger partial charge >= 0.3 is 0 Å². The van der Waals surface area contributed by atoms with E-state index in [0.717, 1.165) is 24.3 Å². The number of hydrogen-bond donors (Lipinski definition) is 1. The molecule has 1 aliphatic carbocycles. The molecule has 0 aromatic carbocycles. The van der Waals surface area contributed by atoms with E-state index in [9.17, 15) is 4.79 Å². The zero-order valence-electron chi connectivity index (χ0n) is 10.2. The molecule has 1 fully saturated rings. The van der Waals surface area contributed by atoms with Gasteiger partial charge in [0.15, 0.2) is 11.5 Å². The average Bonchev–Trinajstić information content (AvgIpc) is 2.91. The monoisotopic (exact) mass is 245 g/mol. The number of rotatable bonds is 4. The number of nitrogens with one attached hydrogen (secondary N) is 1. The molecule has 0 spiro atoms. The van der Waals surface area contributed by atoms with Gasteiger partial charge < -0.3 is 9.73 Å². The summed E-state index contributed by atoms with van der Waals surface area (Å²) in [5.41, 5.74) is 1.29. The molecule has 3 rings (SSSR count). The Morgan fingerprint density at radius 2 is 2.44 bits per heavy atom. The lowest BCUT2D eigenvalue weighted by Crippen LogP contribution is -2.25. The van der Waals surface area contributed by atoms with Crippen LogP contribution in [0.1, 0.15) is 30.3 Å². The summed E-state index contributed by atoms with van der Waals surface area (Å²) in [7, 11) is 0. The Bertz CT molecular complexity index is 553. The Morgan fingerprint density at radius 3 is 3.06 bits per heavy atom. The summed E-state index contributed by atoms with van der Waals surface area (Å²) >= 11 is 0. The first-order chi connectivity index (χ1) is 8.78. The van der Waals surface area contributed by atoms with Crippen molar-refractivity contribution in [2.24, 2.45) is 0 Å². The molecule has 2 aromatic rings. The number of amides is 1. The molecule has 0 saturated heterocycles. The molecule has 0 unspecified atom stereocenters. The Morgan fingerprint density at radius 1 is 1.61 bits per heavy atom. The van der Waals surface area contributed by atoms with Crippen LogP contribution in [0.4, 0.5) is 0 Å². The van der Waals surface area contributed by atoms with Crippen molar-refractivity contribution in [1.82, 2.24) is 15.1 Å². The van der Waals surface area contributed by atoms with E-state index < -0.39 is 0 Å². The standard InChI is InChI=1S/C13H15N3O2/c1-2-16-11(12-4-3-7-18-12)8-10(15-16)13(17)14-9-5-6-9/h3-4,7-9H,2,5-6H2,1H3,(H,14,17). The number of carbonyl (C=O) groups excluding carboxylic acids is 1. The summed E-state index contributed by atoms with van der Waals surface area (Å²) in [5, 5.41) is 7.24. The molecule has 0 radical (unpaired) electrons.